The molecular formula is C21H35N3O3. The third-order valence-electron chi connectivity index (χ3n) is 4.54. The summed E-state index contributed by atoms with van der Waals surface area (Å²) in [7, 11) is 0. The number of hydrogen-bond acceptors (Lipinski definition) is 4. The SMILES string of the molecule is Cc1cccc(C)c1OCC(C)NC(=O)C(NC(=O)[C@@H](N)C(C)C)C(C)C. The van der Waals surface area contributed by atoms with E-state index >= 15 is 0 Å². The standard InChI is InChI=1S/C21H35N3O3/c1-12(2)17(22)20(25)24-18(13(3)4)21(26)23-16(7)11-27-19-14(5)9-8-10-15(19)6/h8-10,12-13,16-18H,11,22H2,1-7H3,(H,23,26)(H,24,25)/t16?,17-,18?/m0/s1. The fourth-order valence-electron chi connectivity index (χ4n) is 2.70. The minimum Gasteiger partial charge on any atom is -0.491 e. The van der Waals surface area contributed by atoms with Crippen LogP contribution < -0.4 is 21.1 Å². The Kier molecular flexibility index (Phi) is 8.76. The molecule has 2 unspecified atom stereocenters. The number of benzene rings is 1. The van der Waals surface area contributed by atoms with Crippen LogP contribution in [0.4, 0.5) is 0 Å². The van der Waals surface area contributed by atoms with Crippen molar-refractivity contribution in [2.75, 3.05) is 6.61 Å². The van der Waals surface area contributed by atoms with Gasteiger partial charge in [0.2, 0.25) is 11.8 Å². The molecule has 6 nitrogen and oxygen atoms in total. The molecule has 27 heavy (non-hydrogen) atoms. The quantitative estimate of drug-likeness (QED) is 0.616. The molecule has 0 spiro atoms. The monoisotopic (exact) mass is 377 g/mol. The lowest BCUT2D eigenvalue weighted by molar-refractivity contribution is -0.131. The van der Waals surface area contributed by atoms with E-state index in [1.165, 1.54) is 0 Å². The van der Waals surface area contributed by atoms with Crippen molar-refractivity contribution in [3.8, 4) is 5.75 Å². The van der Waals surface area contributed by atoms with Crippen molar-refractivity contribution in [3.05, 3.63) is 29.3 Å². The molecule has 152 valence electrons. The first-order valence-electron chi connectivity index (χ1n) is 9.59. The number of nitrogens with two attached hydrogens (primary N) is 1. The van der Waals surface area contributed by atoms with Gasteiger partial charge in [-0.2, -0.15) is 0 Å². The molecule has 0 aliphatic carbocycles. The fraction of sp³-hybridized carbons (Fsp3) is 0.619. The number of hydrogen-bond donors (Lipinski definition) is 3. The summed E-state index contributed by atoms with van der Waals surface area (Å²) in [6.07, 6.45) is 0. The van der Waals surface area contributed by atoms with Gasteiger partial charge in [0.15, 0.2) is 0 Å². The maximum atomic E-state index is 12.6. The van der Waals surface area contributed by atoms with E-state index in [0.717, 1.165) is 16.9 Å². The summed E-state index contributed by atoms with van der Waals surface area (Å²) < 4.78 is 5.90. The highest BCUT2D eigenvalue weighted by Crippen LogP contribution is 2.22. The minimum absolute atomic E-state index is 0.00514. The molecule has 3 atom stereocenters. The van der Waals surface area contributed by atoms with Gasteiger partial charge in [0.1, 0.15) is 18.4 Å². The number of rotatable bonds is 9. The normalized spacial score (nSPS) is 14.6. The van der Waals surface area contributed by atoms with Crippen LogP contribution in [0, 0.1) is 25.7 Å². The molecule has 0 fully saturated rings. The number of aryl methyl sites for hydroxylation is 2. The summed E-state index contributed by atoms with van der Waals surface area (Å²) in [5.41, 5.74) is 8.00. The van der Waals surface area contributed by atoms with E-state index in [0.29, 0.717) is 6.61 Å². The van der Waals surface area contributed by atoms with E-state index < -0.39 is 12.1 Å². The molecular weight excluding hydrogens is 342 g/mol. The molecule has 0 saturated heterocycles. The Hall–Kier alpha value is -2.08. The number of amides is 2. The topological polar surface area (TPSA) is 93.5 Å². The van der Waals surface area contributed by atoms with E-state index in [1.807, 2.05) is 66.7 Å². The summed E-state index contributed by atoms with van der Waals surface area (Å²) in [4.78, 5) is 24.9. The molecule has 1 aromatic carbocycles. The van der Waals surface area contributed by atoms with Gasteiger partial charge >= 0.3 is 0 Å². The lowest BCUT2D eigenvalue weighted by Gasteiger charge is -2.26. The molecule has 6 heteroatoms. The summed E-state index contributed by atoms with van der Waals surface area (Å²) in [6.45, 7) is 13.8. The van der Waals surface area contributed by atoms with Crippen molar-refractivity contribution in [2.45, 2.75) is 66.6 Å². The van der Waals surface area contributed by atoms with Gasteiger partial charge in [-0.05, 0) is 43.7 Å². The molecule has 0 heterocycles. The smallest absolute Gasteiger partial charge is 0.243 e. The molecule has 0 aliphatic heterocycles. The molecule has 0 bridgehead atoms. The van der Waals surface area contributed by atoms with E-state index in [-0.39, 0.29) is 29.7 Å². The van der Waals surface area contributed by atoms with Gasteiger partial charge in [0.25, 0.3) is 0 Å². The Morgan fingerprint density at radius 3 is 2.00 bits per heavy atom. The largest absolute Gasteiger partial charge is 0.491 e. The molecule has 1 aromatic rings. The highest BCUT2D eigenvalue weighted by Gasteiger charge is 2.28. The average Bonchev–Trinajstić information content (AvgIpc) is 2.57. The molecule has 0 aromatic heterocycles. The van der Waals surface area contributed by atoms with Crippen LogP contribution in [0.2, 0.25) is 0 Å². The van der Waals surface area contributed by atoms with Crippen LogP contribution in [-0.4, -0.2) is 36.5 Å². The van der Waals surface area contributed by atoms with E-state index in [4.69, 9.17) is 10.5 Å². The van der Waals surface area contributed by atoms with Gasteiger partial charge in [-0.3, -0.25) is 9.59 Å². The Bertz CT molecular complexity index is 623. The maximum absolute atomic E-state index is 12.6. The molecule has 0 saturated carbocycles. The van der Waals surface area contributed by atoms with Crippen LogP contribution in [0.1, 0.15) is 45.7 Å². The third kappa shape index (κ3) is 6.86. The first kappa shape index (κ1) is 23.0. The zero-order valence-corrected chi connectivity index (χ0v) is 17.6. The fourth-order valence-corrected chi connectivity index (χ4v) is 2.70. The van der Waals surface area contributed by atoms with Gasteiger partial charge < -0.3 is 21.1 Å². The number of para-hydroxylation sites is 1. The van der Waals surface area contributed by atoms with E-state index in [9.17, 15) is 9.59 Å². The second-order valence-electron chi connectivity index (χ2n) is 7.94. The first-order valence-corrected chi connectivity index (χ1v) is 9.59. The molecule has 0 aliphatic rings. The van der Waals surface area contributed by atoms with Gasteiger partial charge in [0.05, 0.1) is 12.1 Å². The van der Waals surface area contributed by atoms with Crippen molar-refractivity contribution in [3.63, 3.8) is 0 Å². The number of nitrogens with one attached hydrogen (secondary N) is 2. The summed E-state index contributed by atoms with van der Waals surface area (Å²) >= 11 is 0. The Labute approximate surface area is 163 Å². The number of carbonyl (C=O) groups excluding carboxylic acids is 2. The van der Waals surface area contributed by atoms with Crippen molar-refractivity contribution in [2.24, 2.45) is 17.6 Å². The van der Waals surface area contributed by atoms with Gasteiger partial charge in [-0.15, -0.1) is 0 Å². The second-order valence-corrected chi connectivity index (χ2v) is 7.94. The lowest BCUT2D eigenvalue weighted by atomic mass is 10.00. The van der Waals surface area contributed by atoms with Crippen molar-refractivity contribution >= 4 is 11.8 Å². The van der Waals surface area contributed by atoms with E-state index in [2.05, 4.69) is 10.6 Å². The van der Waals surface area contributed by atoms with Gasteiger partial charge in [-0.25, -0.2) is 0 Å². The number of carbonyl (C=O) groups is 2. The van der Waals surface area contributed by atoms with Crippen molar-refractivity contribution < 1.29 is 14.3 Å². The summed E-state index contributed by atoms with van der Waals surface area (Å²) in [5.74, 6) is 0.256. The van der Waals surface area contributed by atoms with Crippen molar-refractivity contribution in [1.29, 1.82) is 0 Å². The highest BCUT2D eigenvalue weighted by atomic mass is 16.5. The van der Waals surface area contributed by atoms with Crippen LogP contribution in [0.25, 0.3) is 0 Å². The van der Waals surface area contributed by atoms with Crippen LogP contribution in [0.5, 0.6) is 5.75 Å². The summed E-state index contributed by atoms with van der Waals surface area (Å²) in [6, 6.07) is 4.50. The average molecular weight is 378 g/mol. The van der Waals surface area contributed by atoms with Crippen LogP contribution in [0.15, 0.2) is 18.2 Å². The summed E-state index contributed by atoms with van der Waals surface area (Å²) in [5, 5.41) is 5.70. The third-order valence-corrected chi connectivity index (χ3v) is 4.54. The van der Waals surface area contributed by atoms with Crippen molar-refractivity contribution in [1.82, 2.24) is 10.6 Å². The predicted molar refractivity (Wildman–Crippen MR) is 109 cm³/mol. The lowest BCUT2D eigenvalue weighted by Crippen LogP contribution is -2.56. The molecule has 2 amide bonds. The van der Waals surface area contributed by atoms with Crippen LogP contribution in [-0.2, 0) is 9.59 Å². The van der Waals surface area contributed by atoms with Crippen LogP contribution in [0.3, 0.4) is 0 Å². The maximum Gasteiger partial charge on any atom is 0.243 e. The molecule has 4 N–H and O–H groups in total. The Morgan fingerprint density at radius 1 is 0.963 bits per heavy atom. The molecule has 0 radical (unpaired) electrons. The molecule has 1 rings (SSSR count). The van der Waals surface area contributed by atoms with Gasteiger partial charge in [-0.1, -0.05) is 45.9 Å². The second kappa shape index (κ2) is 10.3. The van der Waals surface area contributed by atoms with Crippen LogP contribution >= 0.6 is 0 Å². The zero-order valence-electron chi connectivity index (χ0n) is 17.6. The Balaban J connectivity index is 2.66. The first-order chi connectivity index (χ1) is 12.5. The van der Waals surface area contributed by atoms with E-state index in [1.54, 1.807) is 0 Å². The highest BCUT2D eigenvalue weighted by molar-refractivity contribution is 5.90. The predicted octanol–water partition coefficient (Wildman–Crippen LogP) is 2.31. The zero-order chi connectivity index (χ0) is 20.7. The van der Waals surface area contributed by atoms with Gasteiger partial charge in [0, 0.05) is 0 Å². The minimum atomic E-state index is -0.635. The Morgan fingerprint density at radius 2 is 1.52 bits per heavy atom. The number of ether oxygens (including phenoxy) is 1.